The fraction of sp³-hybridized carbons (Fsp3) is 0.455. The predicted molar refractivity (Wildman–Crippen MR) is 63.0 cm³/mol. The second-order valence-corrected chi connectivity index (χ2v) is 5.12. The Morgan fingerprint density at radius 1 is 1.40 bits per heavy atom. The number of nitrogens with one attached hydrogen (secondary N) is 1. The molecule has 1 aromatic rings. The van der Waals surface area contributed by atoms with E-state index < -0.39 is 0 Å². The van der Waals surface area contributed by atoms with E-state index >= 15 is 0 Å². The van der Waals surface area contributed by atoms with Gasteiger partial charge < -0.3 is 10.0 Å². The van der Waals surface area contributed by atoms with E-state index in [-0.39, 0.29) is 12.6 Å². The molecule has 0 radical (unpaired) electrons. The number of hydrogen-bond acceptors (Lipinski definition) is 4. The Balaban J connectivity index is 1.88. The van der Waals surface area contributed by atoms with Crippen LogP contribution in [0, 0.1) is 0 Å². The maximum Gasteiger partial charge on any atom is 0.106 e. The zero-order valence-corrected chi connectivity index (χ0v) is 9.15. The average Bonchev–Trinajstić information content (AvgIpc) is 3.07. The zero-order valence-electron chi connectivity index (χ0n) is 8.34. The molecule has 1 aromatic carbocycles. The molecule has 2 N–H and O–H groups in total. The first-order valence-corrected chi connectivity index (χ1v) is 6.27. The third-order valence-corrected chi connectivity index (χ3v) is 4.27. The molecule has 0 spiro atoms. The lowest BCUT2D eigenvalue weighted by Gasteiger charge is -2.34. The first-order valence-electron chi connectivity index (χ1n) is 5.22. The fourth-order valence-corrected chi connectivity index (χ4v) is 3.36. The van der Waals surface area contributed by atoms with Crippen molar-refractivity contribution in [3.8, 4) is 0 Å². The number of anilines is 1. The Kier molecular flexibility index (Phi) is 2.35. The predicted octanol–water partition coefficient (Wildman–Crippen LogP) is 0.856. The molecule has 2 aliphatic rings. The summed E-state index contributed by atoms with van der Waals surface area (Å²) in [7, 11) is 0. The maximum absolute atomic E-state index is 9.38. The third-order valence-electron chi connectivity index (χ3n) is 2.94. The summed E-state index contributed by atoms with van der Waals surface area (Å²) in [5.41, 5.74) is 1.21. The minimum atomic E-state index is 0.229. The smallest absolute Gasteiger partial charge is 0.106 e. The topological polar surface area (TPSA) is 45.4 Å². The first kappa shape index (κ1) is 9.51. The van der Waals surface area contributed by atoms with E-state index in [4.69, 9.17) is 0 Å². The van der Waals surface area contributed by atoms with Gasteiger partial charge in [-0.1, -0.05) is 18.2 Å². The van der Waals surface area contributed by atoms with Crippen molar-refractivity contribution in [1.29, 1.82) is 0 Å². The summed E-state index contributed by atoms with van der Waals surface area (Å²) in [6.07, 6.45) is 0.420. The molecule has 15 heavy (non-hydrogen) atoms. The van der Waals surface area contributed by atoms with E-state index in [1.807, 2.05) is 30.0 Å². The van der Waals surface area contributed by atoms with Crippen molar-refractivity contribution >= 4 is 17.4 Å². The molecular weight excluding hydrogens is 208 g/mol. The van der Waals surface area contributed by atoms with E-state index in [9.17, 15) is 5.11 Å². The van der Waals surface area contributed by atoms with Gasteiger partial charge in [-0.25, -0.2) is 0 Å². The van der Waals surface area contributed by atoms with Gasteiger partial charge in [-0.05, 0) is 12.1 Å². The van der Waals surface area contributed by atoms with Crippen LogP contribution in [0.5, 0.6) is 0 Å². The van der Waals surface area contributed by atoms with Crippen LogP contribution in [0.1, 0.15) is 0 Å². The Bertz CT molecular complexity index is 346. The second kappa shape index (κ2) is 3.70. The first-order chi connectivity index (χ1) is 7.40. The van der Waals surface area contributed by atoms with Crippen LogP contribution >= 0.6 is 11.8 Å². The summed E-state index contributed by atoms with van der Waals surface area (Å²) in [5, 5.41) is 13.4. The number of fused-ring (bicyclic) bond motifs is 1. The van der Waals surface area contributed by atoms with Crippen molar-refractivity contribution in [3.63, 3.8) is 0 Å². The maximum atomic E-state index is 9.38. The van der Waals surface area contributed by atoms with Crippen molar-refractivity contribution in [2.24, 2.45) is 0 Å². The fourth-order valence-electron chi connectivity index (χ4n) is 2.11. The second-order valence-electron chi connectivity index (χ2n) is 3.94. The number of hydrogen-bond donors (Lipinski definition) is 2. The van der Waals surface area contributed by atoms with E-state index in [2.05, 4.69) is 22.3 Å². The molecule has 0 amide bonds. The molecule has 2 aliphatic heterocycles. The monoisotopic (exact) mass is 222 g/mol. The summed E-state index contributed by atoms with van der Waals surface area (Å²) >= 11 is 1.91. The van der Waals surface area contributed by atoms with Gasteiger partial charge in [-0.15, -0.1) is 11.8 Å². The number of aliphatic hydroxyl groups excluding tert-OH is 1. The minimum Gasteiger partial charge on any atom is -0.394 e. The molecule has 2 fully saturated rings. The van der Waals surface area contributed by atoms with Crippen LogP contribution in [0.25, 0.3) is 0 Å². The highest BCUT2D eigenvalue weighted by atomic mass is 32.2. The van der Waals surface area contributed by atoms with Gasteiger partial charge in [0.2, 0.25) is 0 Å². The lowest BCUT2D eigenvalue weighted by Crippen LogP contribution is -2.45. The summed E-state index contributed by atoms with van der Waals surface area (Å²) < 4.78 is 0. The Morgan fingerprint density at radius 2 is 2.20 bits per heavy atom. The normalized spacial score (nSPS) is 33.7. The molecule has 3 atom stereocenters. The zero-order chi connectivity index (χ0) is 10.3. The van der Waals surface area contributed by atoms with Gasteiger partial charge >= 0.3 is 0 Å². The highest BCUT2D eigenvalue weighted by Crippen LogP contribution is 2.38. The van der Waals surface area contributed by atoms with Crippen molar-refractivity contribution < 1.29 is 5.11 Å². The largest absolute Gasteiger partial charge is 0.394 e. The third kappa shape index (κ3) is 1.62. The van der Waals surface area contributed by atoms with Crippen LogP contribution < -0.4 is 10.2 Å². The van der Waals surface area contributed by atoms with Gasteiger partial charge in [0.25, 0.3) is 0 Å². The lowest BCUT2D eigenvalue weighted by molar-refractivity contribution is 0.266. The lowest BCUT2D eigenvalue weighted by atomic mass is 10.2. The van der Waals surface area contributed by atoms with Crippen LogP contribution in [0.4, 0.5) is 5.69 Å². The Morgan fingerprint density at radius 3 is 2.93 bits per heavy atom. The van der Waals surface area contributed by atoms with Gasteiger partial charge in [-0.3, -0.25) is 5.32 Å². The van der Waals surface area contributed by atoms with Crippen molar-refractivity contribution in [1.82, 2.24) is 5.32 Å². The standard InChI is InChI=1S/C11H14N2OS/c14-6-9-7-15-11-10(12-11)13(9)8-4-2-1-3-5-8/h1-5,9-12,14H,6-7H2. The Labute approximate surface area is 93.5 Å². The highest BCUT2D eigenvalue weighted by molar-refractivity contribution is 8.00. The van der Waals surface area contributed by atoms with Gasteiger partial charge in [0.1, 0.15) is 6.17 Å². The molecule has 2 saturated heterocycles. The molecule has 0 aliphatic carbocycles. The number of para-hydroxylation sites is 1. The van der Waals surface area contributed by atoms with Crippen LogP contribution in [-0.2, 0) is 0 Å². The van der Waals surface area contributed by atoms with Crippen LogP contribution in [0.3, 0.4) is 0 Å². The minimum absolute atomic E-state index is 0.229. The van der Waals surface area contributed by atoms with E-state index in [1.165, 1.54) is 5.69 Å². The van der Waals surface area contributed by atoms with Crippen molar-refractivity contribution in [2.75, 3.05) is 17.3 Å². The van der Waals surface area contributed by atoms with Gasteiger partial charge in [0.05, 0.1) is 18.0 Å². The van der Waals surface area contributed by atoms with Crippen molar-refractivity contribution in [2.45, 2.75) is 17.6 Å². The number of benzene rings is 1. The molecule has 0 aromatic heterocycles. The average molecular weight is 222 g/mol. The van der Waals surface area contributed by atoms with Gasteiger partial charge in [0, 0.05) is 11.4 Å². The Hall–Kier alpha value is -0.710. The summed E-state index contributed by atoms with van der Waals surface area (Å²) in [5.74, 6) is 1.000. The van der Waals surface area contributed by atoms with Crippen LogP contribution in [-0.4, -0.2) is 35.0 Å². The van der Waals surface area contributed by atoms with Gasteiger partial charge in [-0.2, -0.15) is 0 Å². The number of aliphatic hydroxyl groups is 1. The molecule has 3 nitrogen and oxygen atoms in total. The molecule has 3 rings (SSSR count). The molecule has 80 valence electrons. The molecule has 0 bridgehead atoms. The number of rotatable bonds is 2. The molecular formula is C11H14N2OS. The summed E-state index contributed by atoms with van der Waals surface area (Å²) in [6, 6.07) is 10.6. The quantitative estimate of drug-likeness (QED) is 0.728. The molecule has 2 heterocycles. The molecule has 4 heteroatoms. The van der Waals surface area contributed by atoms with Crippen molar-refractivity contribution in [3.05, 3.63) is 30.3 Å². The van der Waals surface area contributed by atoms with Crippen LogP contribution in [0.15, 0.2) is 30.3 Å². The van der Waals surface area contributed by atoms with E-state index in [1.54, 1.807) is 0 Å². The van der Waals surface area contributed by atoms with Crippen LogP contribution in [0.2, 0.25) is 0 Å². The summed E-state index contributed by atoms with van der Waals surface area (Å²) in [6.45, 7) is 0.229. The van der Waals surface area contributed by atoms with E-state index in [0.29, 0.717) is 11.5 Å². The van der Waals surface area contributed by atoms with E-state index in [0.717, 1.165) is 5.75 Å². The SMILES string of the molecule is OCC1CSC2NC2N1c1ccccc1. The molecule has 3 unspecified atom stereocenters. The van der Waals surface area contributed by atoms with Gasteiger partial charge in [0.15, 0.2) is 0 Å². The number of nitrogens with zero attached hydrogens (tertiary/aromatic N) is 1. The number of thioether (sulfide) groups is 1. The molecule has 0 saturated carbocycles. The highest BCUT2D eigenvalue weighted by Gasteiger charge is 2.48. The summed E-state index contributed by atoms with van der Waals surface area (Å²) in [4.78, 5) is 2.31.